The molecule has 3 aromatic carbocycles. The second kappa shape index (κ2) is 9.83. The van der Waals surface area contributed by atoms with E-state index in [1.807, 2.05) is 0 Å². The van der Waals surface area contributed by atoms with Gasteiger partial charge in [-0.05, 0) is 30.3 Å². The molecule has 0 aliphatic heterocycles. The highest BCUT2D eigenvalue weighted by atomic mass is 35.5. The van der Waals surface area contributed by atoms with E-state index in [-0.39, 0.29) is 23.3 Å². The number of aliphatic carboxylic acids is 1. The first-order chi connectivity index (χ1) is 16.0. The average Bonchev–Trinajstić information content (AvgIpc) is 2.74. The molecular formula is C21H12ClF4NO7. The number of rotatable bonds is 8. The Hall–Kier alpha value is -4.06. The summed E-state index contributed by atoms with van der Waals surface area (Å²) in [5.41, 5.74) is -1.87. The zero-order chi connectivity index (χ0) is 25.0. The topological polar surface area (TPSA) is 108 Å². The van der Waals surface area contributed by atoms with Gasteiger partial charge in [0.15, 0.2) is 29.7 Å². The Balaban J connectivity index is 1.96. The van der Waals surface area contributed by atoms with Crippen LogP contribution >= 0.6 is 11.6 Å². The first-order valence-electron chi connectivity index (χ1n) is 9.09. The minimum absolute atomic E-state index is 0.0395. The van der Waals surface area contributed by atoms with Crippen LogP contribution in [0.5, 0.6) is 28.7 Å². The fourth-order valence-corrected chi connectivity index (χ4v) is 2.89. The van der Waals surface area contributed by atoms with Gasteiger partial charge in [-0.2, -0.15) is 13.2 Å². The second-order valence-corrected chi connectivity index (χ2v) is 6.89. The molecule has 0 aliphatic rings. The summed E-state index contributed by atoms with van der Waals surface area (Å²) in [5, 5.41) is 19.5. The Labute approximate surface area is 193 Å². The first kappa shape index (κ1) is 24.6. The van der Waals surface area contributed by atoms with Crippen LogP contribution in [-0.4, -0.2) is 22.6 Å². The fraction of sp³-hybridized carbons (Fsp3) is 0.0952. The van der Waals surface area contributed by atoms with E-state index in [0.29, 0.717) is 6.07 Å². The molecule has 8 nitrogen and oxygen atoms in total. The number of carboxylic acids is 1. The number of carboxylic acid groups (broad SMARTS) is 1. The van der Waals surface area contributed by atoms with Gasteiger partial charge in [0.1, 0.15) is 5.75 Å². The van der Waals surface area contributed by atoms with E-state index in [2.05, 4.69) is 0 Å². The van der Waals surface area contributed by atoms with Crippen molar-refractivity contribution in [1.82, 2.24) is 0 Å². The summed E-state index contributed by atoms with van der Waals surface area (Å²) < 4.78 is 68.6. The van der Waals surface area contributed by atoms with Crippen LogP contribution in [0.4, 0.5) is 23.2 Å². The predicted molar refractivity (Wildman–Crippen MR) is 109 cm³/mol. The van der Waals surface area contributed by atoms with Crippen molar-refractivity contribution in [1.29, 1.82) is 0 Å². The van der Waals surface area contributed by atoms with Gasteiger partial charge in [-0.1, -0.05) is 23.7 Å². The third kappa shape index (κ3) is 5.84. The third-order valence-electron chi connectivity index (χ3n) is 4.09. The highest BCUT2D eigenvalue weighted by molar-refractivity contribution is 6.32. The number of nitro groups is 1. The summed E-state index contributed by atoms with van der Waals surface area (Å²) in [6, 6.07) is 9.38. The molecule has 13 heteroatoms. The molecule has 178 valence electrons. The van der Waals surface area contributed by atoms with Crippen molar-refractivity contribution in [3.63, 3.8) is 0 Å². The highest BCUT2D eigenvalue weighted by Crippen LogP contribution is 2.42. The maximum Gasteiger partial charge on any atom is 0.416 e. The monoisotopic (exact) mass is 501 g/mol. The molecule has 0 saturated heterocycles. The van der Waals surface area contributed by atoms with Crippen LogP contribution in [-0.2, 0) is 11.0 Å². The average molecular weight is 502 g/mol. The summed E-state index contributed by atoms with van der Waals surface area (Å²) in [6.45, 7) is -0.711. The number of alkyl halides is 3. The van der Waals surface area contributed by atoms with Crippen LogP contribution in [0, 0.1) is 15.9 Å². The maximum atomic E-state index is 14.3. The lowest BCUT2D eigenvalue weighted by atomic mass is 10.2. The Morgan fingerprint density at radius 1 is 1.03 bits per heavy atom. The molecule has 3 aromatic rings. The first-order valence-corrected chi connectivity index (χ1v) is 9.47. The Morgan fingerprint density at radius 2 is 1.71 bits per heavy atom. The molecule has 0 fully saturated rings. The molecule has 0 atom stereocenters. The molecule has 0 bridgehead atoms. The largest absolute Gasteiger partial charge is 0.479 e. The number of hydrogen-bond acceptors (Lipinski definition) is 6. The quantitative estimate of drug-likeness (QED) is 0.214. The number of benzene rings is 3. The lowest BCUT2D eigenvalue weighted by Crippen LogP contribution is -2.09. The van der Waals surface area contributed by atoms with Gasteiger partial charge in [-0.15, -0.1) is 0 Å². The number of nitro benzene ring substituents is 1. The molecule has 0 radical (unpaired) electrons. The minimum Gasteiger partial charge on any atom is -0.479 e. The lowest BCUT2D eigenvalue weighted by molar-refractivity contribution is -0.385. The van der Waals surface area contributed by atoms with Gasteiger partial charge < -0.3 is 19.3 Å². The second-order valence-electron chi connectivity index (χ2n) is 6.49. The number of para-hydroxylation sites is 2. The van der Waals surface area contributed by atoms with Crippen LogP contribution in [0.3, 0.4) is 0 Å². The van der Waals surface area contributed by atoms with Crippen molar-refractivity contribution >= 4 is 23.3 Å². The van der Waals surface area contributed by atoms with E-state index in [0.717, 1.165) is 18.2 Å². The molecule has 0 amide bonds. The molecule has 0 aromatic heterocycles. The molecule has 34 heavy (non-hydrogen) atoms. The molecule has 0 heterocycles. The van der Waals surface area contributed by atoms with Gasteiger partial charge in [0.05, 0.1) is 15.5 Å². The van der Waals surface area contributed by atoms with Gasteiger partial charge >= 0.3 is 17.8 Å². The number of carbonyl (C=O) groups is 1. The summed E-state index contributed by atoms with van der Waals surface area (Å²) in [5.74, 6) is -4.19. The van der Waals surface area contributed by atoms with E-state index in [9.17, 15) is 32.5 Å². The fourth-order valence-electron chi connectivity index (χ4n) is 2.64. The Bertz CT molecular complexity index is 1230. The molecule has 0 aliphatic carbocycles. The number of ether oxygens (including phenoxy) is 3. The van der Waals surface area contributed by atoms with Crippen molar-refractivity contribution in [3.05, 3.63) is 81.1 Å². The third-order valence-corrected chi connectivity index (χ3v) is 4.37. The molecule has 0 spiro atoms. The van der Waals surface area contributed by atoms with Crippen molar-refractivity contribution in [2.75, 3.05) is 6.61 Å². The zero-order valence-electron chi connectivity index (χ0n) is 16.6. The number of halogens is 5. The molecule has 0 unspecified atom stereocenters. The van der Waals surface area contributed by atoms with Crippen LogP contribution in [0.1, 0.15) is 5.56 Å². The van der Waals surface area contributed by atoms with Gasteiger partial charge in [0, 0.05) is 12.1 Å². The summed E-state index contributed by atoms with van der Waals surface area (Å²) in [6.07, 6.45) is -4.84. The zero-order valence-corrected chi connectivity index (χ0v) is 17.4. The van der Waals surface area contributed by atoms with Crippen LogP contribution < -0.4 is 14.2 Å². The Kier molecular flexibility index (Phi) is 7.11. The van der Waals surface area contributed by atoms with Gasteiger partial charge in [-0.3, -0.25) is 10.1 Å². The summed E-state index contributed by atoms with van der Waals surface area (Å²) in [4.78, 5) is 21.4. The molecule has 1 N–H and O–H groups in total. The van der Waals surface area contributed by atoms with Crippen molar-refractivity contribution in [3.8, 4) is 28.7 Å². The lowest BCUT2D eigenvalue weighted by Gasteiger charge is -2.14. The van der Waals surface area contributed by atoms with Crippen molar-refractivity contribution in [2.45, 2.75) is 6.18 Å². The standard InChI is InChI=1S/C21H12ClF4NO7/c22-13-7-11(21(24,25)26)8-14(23)20(13)33-12-5-6-15(27(30)31)18(9-12)34-17-4-2-1-3-16(17)32-10-19(28)29/h1-9H,10H2,(H,28,29). The van der Waals surface area contributed by atoms with Gasteiger partial charge in [0.25, 0.3) is 0 Å². The van der Waals surface area contributed by atoms with Gasteiger partial charge in [0.2, 0.25) is 5.75 Å². The van der Waals surface area contributed by atoms with Crippen LogP contribution in [0.15, 0.2) is 54.6 Å². The molecule has 3 rings (SSSR count). The SMILES string of the molecule is O=C(O)COc1ccccc1Oc1cc(Oc2c(F)cc(C(F)(F)F)cc2Cl)ccc1[N+](=O)[O-]. The van der Waals surface area contributed by atoms with Crippen molar-refractivity contribution < 1.29 is 46.6 Å². The minimum atomic E-state index is -4.84. The van der Waals surface area contributed by atoms with Crippen LogP contribution in [0.2, 0.25) is 5.02 Å². The van der Waals surface area contributed by atoms with E-state index in [4.69, 9.17) is 30.9 Å². The highest BCUT2D eigenvalue weighted by Gasteiger charge is 2.33. The van der Waals surface area contributed by atoms with Crippen molar-refractivity contribution in [2.24, 2.45) is 0 Å². The van der Waals surface area contributed by atoms with E-state index < -0.39 is 57.3 Å². The Morgan fingerprint density at radius 3 is 2.29 bits per heavy atom. The van der Waals surface area contributed by atoms with Gasteiger partial charge in [-0.25, -0.2) is 9.18 Å². The normalized spacial score (nSPS) is 11.1. The summed E-state index contributed by atoms with van der Waals surface area (Å²) in [7, 11) is 0. The van der Waals surface area contributed by atoms with E-state index >= 15 is 0 Å². The van der Waals surface area contributed by atoms with E-state index in [1.54, 1.807) is 0 Å². The maximum absolute atomic E-state index is 14.3. The number of hydrogen-bond donors (Lipinski definition) is 1. The molecule has 0 saturated carbocycles. The number of nitrogens with zero attached hydrogens (tertiary/aromatic N) is 1. The molecular weight excluding hydrogens is 490 g/mol. The smallest absolute Gasteiger partial charge is 0.416 e. The predicted octanol–water partition coefficient (Wildman–Crippen LogP) is 6.45. The summed E-state index contributed by atoms with van der Waals surface area (Å²) >= 11 is 5.75. The van der Waals surface area contributed by atoms with E-state index in [1.165, 1.54) is 24.3 Å². The van der Waals surface area contributed by atoms with Crippen LogP contribution in [0.25, 0.3) is 0 Å².